The van der Waals surface area contributed by atoms with Gasteiger partial charge in [-0.25, -0.2) is 22.2 Å². The van der Waals surface area contributed by atoms with E-state index in [4.69, 9.17) is 9.72 Å². The second-order valence-corrected chi connectivity index (χ2v) is 14.4. The summed E-state index contributed by atoms with van der Waals surface area (Å²) in [5.74, 6) is -1.59. The molecular formula is C34H30F2N4O6S2. The Morgan fingerprint density at radius 2 is 1.69 bits per heavy atom. The summed E-state index contributed by atoms with van der Waals surface area (Å²) in [5.41, 5.74) is 1.52. The van der Waals surface area contributed by atoms with Crippen molar-refractivity contribution in [3.05, 3.63) is 118 Å². The average molecular weight is 693 g/mol. The number of benzene rings is 4. The molecule has 10 nitrogen and oxygen atoms in total. The summed E-state index contributed by atoms with van der Waals surface area (Å²) in [6.07, 6.45) is 1.84. The number of fused-ring (bicyclic) bond motifs is 1. The quantitative estimate of drug-likeness (QED) is 0.172. The Morgan fingerprint density at radius 3 is 2.35 bits per heavy atom. The number of morpholine rings is 1. The van der Waals surface area contributed by atoms with E-state index in [1.165, 1.54) is 33.1 Å². The highest BCUT2D eigenvalue weighted by Gasteiger charge is 2.27. The van der Waals surface area contributed by atoms with Gasteiger partial charge in [-0.1, -0.05) is 18.2 Å². The lowest BCUT2D eigenvalue weighted by molar-refractivity contribution is -0.110. The van der Waals surface area contributed by atoms with Gasteiger partial charge in [-0.05, 0) is 83.0 Å². The number of hydrogen-bond donors (Lipinski definition) is 1. The molecule has 1 aliphatic rings. The Morgan fingerprint density at radius 1 is 1.00 bits per heavy atom. The molecule has 0 spiro atoms. The minimum atomic E-state index is -3.83. The molecule has 1 N–H and O–H groups in total. The van der Waals surface area contributed by atoms with E-state index in [1.54, 1.807) is 42.7 Å². The number of ether oxygens (including phenoxy) is 1. The van der Waals surface area contributed by atoms with Crippen molar-refractivity contribution in [3.63, 3.8) is 0 Å². The van der Waals surface area contributed by atoms with Crippen LogP contribution >= 0.6 is 0 Å². The van der Waals surface area contributed by atoms with Crippen LogP contribution in [0.3, 0.4) is 0 Å². The first-order valence-corrected chi connectivity index (χ1v) is 17.9. The maximum atomic E-state index is 14.3. The zero-order valence-electron chi connectivity index (χ0n) is 25.6. The molecule has 14 heteroatoms. The summed E-state index contributed by atoms with van der Waals surface area (Å²) in [6.45, 7) is 0.983. The van der Waals surface area contributed by atoms with Crippen LogP contribution in [0.5, 0.6) is 0 Å². The number of nitrogens with zero attached hydrogens (tertiary/aromatic N) is 3. The maximum Gasteiger partial charge on any atom is 0.266 e. The molecule has 1 aliphatic heterocycles. The second-order valence-electron chi connectivity index (χ2n) is 11.1. The molecule has 0 bridgehead atoms. The Bertz CT molecular complexity index is 2130. The minimum absolute atomic E-state index is 0.0194. The van der Waals surface area contributed by atoms with E-state index in [2.05, 4.69) is 5.32 Å². The zero-order valence-corrected chi connectivity index (χ0v) is 27.3. The lowest BCUT2D eigenvalue weighted by atomic mass is 10.0. The van der Waals surface area contributed by atoms with Crippen molar-refractivity contribution in [1.29, 1.82) is 0 Å². The monoisotopic (exact) mass is 692 g/mol. The van der Waals surface area contributed by atoms with E-state index in [1.807, 2.05) is 6.07 Å². The molecule has 2 atom stereocenters. The van der Waals surface area contributed by atoms with Gasteiger partial charge >= 0.3 is 0 Å². The van der Waals surface area contributed by atoms with Crippen molar-refractivity contribution < 1.29 is 31.3 Å². The number of hydrogen-bond acceptors (Lipinski definition) is 7. The van der Waals surface area contributed by atoms with Crippen molar-refractivity contribution in [3.8, 4) is 16.8 Å². The molecule has 1 fully saturated rings. The summed E-state index contributed by atoms with van der Waals surface area (Å²) in [6, 6.07) is 19.7. The van der Waals surface area contributed by atoms with Crippen LogP contribution in [0.4, 0.5) is 8.78 Å². The molecule has 1 saturated heterocycles. The topological polar surface area (TPSA) is 134 Å². The Kier molecular flexibility index (Phi) is 9.71. The normalized spacial score (nSPS) is 15.2. The summed E-state index contributed by atoms with van der Waals surface area (Å²) in [5, 5.41) is 2.85. The predicted molar refractivity (Wildman–Crippen MR) is 177 cm³/mol. The third kappa shape index (κ3) is 6.75. The smallest absolute Gasteiger partial charge is 0.266 e. The van der Waals surface area contributed by atoms with E-state index in [0.29, 0.717) is 22.4 Å². The van der Waals surface area contributed by atoms with E-state index >= 15 is 0 Å². The molecule has 0 radical (unpaired) electrons. The molecular weight excluding hydrogens is 663 g/mol. The molecule has 2 unspecified atom stereocenters. The molecule has 1 aromatic heterocycles. The lowest BCUT2D eigenvalue weighted by Gasteiger charge is -2.26. The zero-order chi connectivity index (χ0) is 34.0. The van der Waals surface area contributed by atoms with Gasteiger partial charge in [0.05, 0.1) is 40.7 Å². The van der Waals surface area contributed by atoms with Gasteiger partial charge in [-0.2, -0.15) is 4.31 Å². The van der Waals surface area contributed by atoms with Gasteiger partial charge in [0.1, 0.15) is 23.7 Å². The second kappa shape index (κ2) is 13.9. The summed E-state index contributed by atoms with van der Waals surface area (Å²) >= 11 is -1.31. The highest BCUT2D eigenvalue weighted by Crippen LogP contribution is 2.30. The Hall–Kier alpha value is -4.47. The van der Waals surface area contributed by atoms with Gasteiger partial charge < -0.3 is 14.6 Å². The van der Waals surface area contributed by atoms with Crippen LogP contribution in [0.2, 0.25) is 0 Å². The van der Waals surface area contributed by atoms with E-state index < -0.39 is 44.4 Å². The van der Waals surface area contributed by atoms with Crippen molar-refractivity contribution in [1.82, 2.24) is 19.2 Å². The number of carbonyl (C=O) groups excluding carboxylic acids is 1. The predicted octanol–water partition coefficient (Wildman–Crippen LogP) is 4.12. The van der Waals surface area contributed by atoms with E-state index in [-0.39, 0.29) is 65.6 Å². The molecule has 4 aromatic carbocycles. The van der Waals surface area contributed by atoms with Gasteiger partial charge in [0.25, 0.3) is 5.56 Å². The number of rotatable bonds is 10. The van der Waals surface area contributed by atoms with Crippen molar-refractivity contribution in [2.75, 3.05) is 32.6 Å². The van der Waals surface area contributed by atoms with Crippen LogP contribution in [0, 0.1) is 11.6 Å². The maximum absolute atomic E-state index is 14.3. The number of aromatic nitrogens is 2. The Balaban J connectivity index is 1.52. The SMILES string of the molecule is C[S+]([O-])c1ccccc1-c1ccc2c(=O)n(-c3ccc(S(=O)(=O)N4CCOCC4)cc3)c(C(Cc3cc(F)cc(F)c3)NC=O)nc2c1. The van der Waals surface area contributed by atoms with Crippen LogP contribution in [-0.4, -0.2) is 65.8 Å². The summed E-state index contributed by atoms with van der Waals surface area (Å²) < 4.78 is 75.2. The first-order valence-electron chi connectivity index (χ1n) is 14.9. The van der Waals surface area contributed by atoms with Gasteiger partial charge in [-0.15, -0.1) is 0 Å². The molecule has 6 rings (SSSR count). The highest BCUT2D eigenvalue weighted by atomic mass is 32.2. The Labute approximate surface area is 278 Å². The lowest BCUT2D eigenvalue weighted by Crippen LogP contribution is -2.40. The number of amides is 1. The fraction of sp³-hybridized carbons (Fsp3) is 0.206. The third-order valence-corrected chi connectivity index (χ3v) is 10.9. The molecule has 0 aliphatic carbocycles. The third-order valence-electron chi connectivity index (χ3n) is 8.05. The number of sulfonamides is 1. The van der Waals surface area contributed by atoms with Crippen molar-refractivity contribution in [2.45, 2.75) is 22.3 Å². The molecule has 1 amide bonds. The van der Waals surface area contributed by atoms with Crippen molar-refractivity contribution in [2.24, 2.45) is 0 Å². The highest BCUT2D eigenvalue weighted by molar-refractivity contribution is 7.90. The van der Waals surface area contributed by atoms with Crippen LogP contribution in [0.15, 0.2) is 99.5 Å². The molecule has 0 saturated carbocycles. The van der Waals surface area contributed by atoms with Gasteiger partial charge in [0, 0.05) is 31.1 Å². The van der Waals surface area contributed by atoms with Crippen LogP contribution in [0.25, 0.3) is 27.7 Å². The molecule has 2 heterocycles. The first kappa shape index (κ1) is 33.4. The van der Waals surface area contributed by atoms with Gasteiger partial charge in [0.2, 0.25) is 16.4 Å². The molecule has 48 heavy (non-hydrogen) atoms. The molecule has 5 aromatic rings. The fourth-order valence-corrected chi connectivity index (χ4v) is 7.96. The minimum Gasteiger partial charge on any atom is -0.612 e. The number of carbonyl (C=O) groups is 1. The van der Waals surface area contributed by atoms with Crippen LogP contribution in [0.1, 0.15) is 17.4 Å². The van der Waals surface area contributed by atoms with Gasteiger partial charge in [0.15, 0.2) is 4.90 Å². The molecule has 248 valence electrons. The summed E-state index contributed by atoms with van der Waals surface area (Å²) in [4.78, 5) is 31.6. The van der Waals surface area contributed by atoms with Crippen molar-refractivity contribution >= 4 is 38.5 Å². The van der Waals surface area contributed by atoms with E-state index in [9.17, 15) is 31.3 Å². The van der Waals surface area contributed by atoms with E-state index in [0.717, 1.165) is 18.2 Å². The number of halogens is 2. The standard InChI is InChI=1S/C34H30F2N4O6S2/c1-47(43)32-5-3-2-4-28(32)23-6-11-29-30(19-23)38-33(31(37-21-41)18-22-16-24(35)20-25(36)17-22)40(34(29)42)26-7-9-27(10-8-26)48(44,45)39-12-14-46-15-13-39/h2-11,16-17,19-21,31H,12-15,18H2,1H3,(H,37,41). The van der Waals surface area contributed by atoms with Crippen LogP contribution in [-0.2, 0) is 37.2 Å². The van der Waals surface area contributed by atoms with Crippen LogP contribution < -0.4 is 10.9 Å². The largest absolute Gasteiger partial charge is 0.612 e. The first-order chi connectivity index (χ1) is 23.1. The number of nitrogens with one attached hydrogen (secondary N) is 1. The average Bonchev–Trinajstić information content (AvgIpc) is 3.08. The van der Waals surface area contributed by atoms with Gasteiger partial charge in [-0.3, -0.25) is 14.2 Å². The fourth-order valence-electron chi connectivity index (χ4n) is 5.78. The summed E-state index contributed by atoms with van der Waals surface area (Å²) in [7, 11) is -3.83.